The average molecular weight is 177 g/mol. The number of aromatic hydroxyl groups is 1. The van der Waals surface area contributed by atoms with Gasteiger partial charge in [-0.25, -0.2) is 4.79 Å². The van der Waals surface area contributed by atoms with Gasteiger partial charge in [-0.1, -0.05) is 0 Å². The van der Waals surface area contributed by atoms with Crippen molar-refractivity contribution in [3.63, 3.8) is 0 Å². The summed E-state index contributed by atoms with van der Waals surface area (Å²) in [6.45, 7) is 0. The predicted molar refractivity (Wildman–Crippen MR) is 46.9 cm³/mol. The van der Waals surface area contributed by atoms with Gasteiger partial charge in [0.05, 0.1) is 5.52 Å². The second-order valence-corrected chi connectivity index (χ2v) is 2.71. The van der Waals surface area contributed by atoms with Gasteiger partial charge in [0.1, 0.15) is 11.3 Å². The standard InChI is InChI=1S/C9H7NO3/c11-6-2-1-5-3-4-10-8(5)7(6)9(12)13/h1-4,10-11H,(H,12,13). The number of hydrogen-bond donors (Lipinski definition) is 3. The van der Waals surface area contributed by atoms with Gasteiger partial charge in [-0.2, -0.15) is 0 Å². The number of aromatic amines is 1. The molecule has 66 valence electrons. The summed E-state index contributed by atoms with van der Waals surface area (Å²) in [6, 6.07) is 4.79. The van der Waals surface area contributed by atoms with Crippen LogP contribution in [0.1, 0.15) is 10.4 Å². The fourth-order valence-electron chi connectivity index (χ4n) is 1.33. The minimum Gasteiger partial charge on any atom is -0.507 e. The number of nitrogens with one attached hydrogen (secondary N) is 1. The minimum atomic E-state index is -1.13. The molecule has 0 spiro atoms. The zero-order chi connectivity index (χ0) is 9.42. The maximum absolute atomic E-state index is 10.8. The number of aromatic carboxylic acids is 1. The Hall–Kier alpha value is -1.97. The zero-order valence-corrected chi connectivity index (χ0v) is 6.61. The average Bonchev–Trinajstić information content (AvgIpc) is 2.50. The van der Waals surface area contributed by atoms with Crippen molar-refractivity contribution in [3.8, 4) is 5.75 Å². The maximum atomic E-state index is 10.8. The van der Waals surface area contributed by atoms with E-state index in [0.29, 0.717) is 5.52 Å². The van der Waals surface area contributed by atoms with Crippen molar-refractivity contribution in [1.82, 2.24) is 4.98 Å². The fraction of sp³-hybridized carbons (Fsp3) is 0. The second-order valence-electron chi connectivity index (χ2n) is 2.71. The molecule has 0 aliphatic rings. The summed E-state index contributed by atoms with van der Waals surface area (Å²) in [7, 11) is 0. The molecule has 0 radical (unpaired) electrons. The van der Waals surface area contributed by atoms with Crippen LogP contribution in [0.15, 0.2) is 24.4 Å². The van der Waals surface area contributed by atoms with Crippen molar-refractivity contribution in [3.05, 3.63) is 30.0 Å². The van der Waals surface area contributed by atoms with Crippen molar-refractivity contribution in [2.75, 3.05) is 0 Å². The fourth-order valence-corrected chi connectivity index (χ4v) is 1.33. The first-order valence-electron chi connectivity index (χ1n) is 3.72. The predicted octanol–water partition coefficient (Wildman–Crippen LogP) is 1.57. The van der Waals surface area contributed by atoms with Crippen molar-refractivity contribution in [1.29, 1.82) is 0 Å². The van der Waals surface area contributed by atoms with Crippen LogP contribution in [0.25, 0.3) is 10.9 Å². The number of phenols is 1. The summed E-state index contributed by atoms with van der Waals surface area (Å²) in [4.78, 5) is 13.5. The number of aromatic nitrogens is 1. The number of benzene rings is 1. The van der Waals surface area contributed by atoms with E-state index in [2.05, 4.69) is 4.98 Å². The molecular weight excluding hydrogens is 170 g/mol. The Morgan fingerprint density at radius 2 is 2.08 bits per heavy atom. The number of fused-ring (bicyclic) bond motifs is 1. The summed E-state index contributed by atoms with van der Waals surface area (Å²) in [5.74, 6) is -1.35. The Bertz CT molecular complexity index is 473. The Labute approximate surface area is 73.4 Å². The highest BCUT2D eigenvalue weighted by Gasteiger charge is 2.14. The summed E-state index contributed by atoms with van der Waals surface area (Å²) in [6.07, 6.45) is 1.64. The third-order valence-electron chi connectivity index (χ3n) is 1.92. The molecule has 0 aliphatic carbocycles. The summed E-state index contributed by atoms with van der Waals surface area (Å²) >= 11 is 0. The van der Waals surface area contributed by atoms with Crippen LogP contribution in [0.5, 0.6) is 5.75 Å². The van der Waals surface area contributed by atoms with Crippen LogP contribution in [0.3, 0.4) is 0 Å². The lowest BCUT2D eigenvalue weighted by atomic mass is 10.1. The quantitative estimate of drug-likeness (QED) is 0.619. The summed E-state index contributed by atoms with van der Waals surface area (Å²) in [5.41, 5.74) is 0.370. The topological polar surface area (TPSA) is 73.3 Å². The Morgan fingerprint density at radius 3 is 2.77 bits per heavy atom. The van der Waals surface area contributed by atoms with Gasteiger partial charge < -0.3 is 15.2 Å². The van der Waals surface area contributed by atoms with Gasteiger partial charge >= 0.3 is 5.97 Å². The molecule has 1 heterocycles. The van der Waals surface area contributed by atoms with Crippen LogP contribution in [0, 0.1) is 0 Å². The van der Waals surface area contributed by atoms with Gasteiger partial charge in [0.25, 0.3) is 0 Å². The van der Waals surface area contributed by atoms with Gasteiger partial charge in [-0.15, -0.1) is 0 Å². The third kappa shape index (κ3) is 1.03. The molecule has 3 N–H and O–H groups in total. The van der Waals surface area contributed by atoms with Crippen LogP contribution >= 0.6 is 0 Å². The van der Waals surface area contributed by atoms with Crippen LogP contribution in [-0.4, -0.2) is 21.2 Å². The molecule has 0 bridgehead atoms. The number of carboxylic acid groups (broad SMARTS) is 1. The number of carboxylic acids is 1. The van der Waals surface area contributed by atoms with E-state index in [1.165, 1.54) is 6.07 Å². The van der Waals surface area contributed by atoms with Crippen molar-refractivity contribution in [2.24, 2.45) is 0 Å². The monoisotopic (exact) mass is 177 g/mol. The van der Waals surface area contributed by atoms with Gasteiger partial charge in [-0.3, -0.25) is 0 Å². The van der Waals surface area contributed by atoms with Gasteiger partial charge in [-0.05, 0) is 18.2 Å². The minimum absolute atomic E-state index is 0.0810. The molecule has 2 aromatic rings. The molecule has 0 aliphatic heterocycles. The van der Waals surface area contributed by atoms with Crippen LogP contribution in [0.2, 0.25) is 0 Å². The smallest absolute Gasteiger partial charge is 0.341 e. The highest BCUT2D eigenvalue weighted by atomic mass is 16.4. The van der Waals surface area contributed by atoms with Gasteiger partial charge in [0, 0.05) is 11.6 Å². The number of rotatable bonds is 1. The van der Waals surface area contributed by atoms with Crippen LogP contribution in [0.4, 0.5) is 0 Å². The molecule has 4 nitrogen and oxygen atoms in total. The highest BCUT2D eigenvalue weighted by Crippen LogP contribution is 2.25. The molecule has 1 aromatic heterocycles. The molecule has 0 atom stereocenters. The molecule has 0 amide bonds. The first-order chi connectivity index (χ1) is 6.20. The lowest BCUT2D eigenvalue weighted by Crippen LogP contribution is -1.97. The molecular formula is C9H7NO3. The molecule has 2 rings (SSSR count). The first kappa shape index (κ1) is 7.67. The molecule has 0 unspecified atom stereocenters. The van der Waals surface area contributed by atoms with E-state index in [9.17, 15) is 9.90 Å². The molecule has 0 saturated carbocycles. The van der Waals surface area contributed by atoms with E-state index in [1.807, 2.05) is 0 Å². The van der Waals surface area contributed by atoms with E-state index in [4.69, 9.17) is 5.11 Å². The third-order valence-corrected chi connectivity index (χ3v) is 1.92. The van der Waals surface area contributed by atoms with Gasteiger partial charge in [0.15, 0.2) is 0 Å². The Kier molecular flexibility index (Phi) is 1.48. The lowest BCUT2D eigenvalue weighted by Gasteiger charge is -1.99. The molecule has 4 heteroatoms. The zero-order valence-electron chi connectivity index (χ0n) is 6.61. The van der Waals surface area contributed by atoms with Crippen molar-refractivity contribution < 1.29 is 15.0 Å². The maximum Gasteiger partial charge on any atom is 0.341 e. The second kappa shape index (κ2) is 2.52. The molecule has 13 heavy (non-hydrogen) atoms. The lowest BCUT2D eigenvalue weighted by molar-refractivity contribution is 0.0696. The number of H-pyrrole nitrogens is 1. The molecule has 0 saturated heterocycles. The highest BCUT2D eigenvalue weighted by molar-refractivity contribution is 6.04. The van der Waals surface area contributed by atoms with Crippen molar-refractivity contribution in [2.45, 2.75) is 0 Å². The molecule has 1 aromatic carbocycles. The SMILES string of the molecule is O=C(O)c1c(O)ccc2cc[nH]c12. The van der Waals surface area contributed by atoms with E-state index < -0.39 is 5.97 Å². The van der Waals surface area contributed by atoms with Gasteiger partial charge in [0.2, 0.25) is 0 Å². The normalized spacial score (nSPS) is 10.5. The Balaban J connectivity index is 2.88. The summed E-state index contributed by atoms with van der Waals surface area (Å²) < 4.78 is 0. The number of carbonyl (C=O) groups is 1. The van der Waals surface area contributed by atoms with E-state index in [1.54, 1.807) is 18.3 Å². The van der Waals surface area contributed by atoms with Crippen molar-refractivity contribution >= 4 is 16.9 Å². The largest absolute Gasteiger partial charge is 0.507 e. The summed E-state index contributed by atoms with van der Waals surface area (Å²) in [5, 5.41) is 18.9. The van der Waals surface area contributed by atoms with Crippen LogP contribution < -0.4 is 0 Å². The van der Waals surface area contributed by atoms with E-state index >= 15 is 0 Å². The van der Waals surface area contributed by atoms with E-state index in [-0.39, 0.29) is 11.3 Å². The molecule has 0 fully saturated rings. The number of hydrogen-bond acceptors (Lipinski definition) is 2. The van der Waals surface area contributed by atoms with E-state index in [0.717, 1.165) is 5.39 Å². The first-order valence-corrected chi connectivity index (χ1v) is 3.72. The Morgan fingerprint density at radius 1 is 1.31 bits per heavy atom. The van der Waals surface area contributed by atoms with Crippen LogP contribution in [-0.2, 0) is 0 Å².